The van der Waals surface area contributed by atoms with E-state index in [1.54, 1.807) is 25.1 Å². The van der Waals surface area contributed by atoms with Crippen molar-refractivity contribution in [3.8, 4) is 11.5 Å². The number of aryl methyl sites for hydroxylation is 2. The Morgan fingerprint density at radius 2 is 1.76 bits per heavy atom. The van der Waals surface area contributed by atoms with Gasteiger partial charge < -0.3 is 14.8 Å². The maximum absolute atomic E-state index is 12.9. The van der Waals surface area contributed by atoms with Crippen LogP contribution in [-0.2, 0) is 21.4 Å². The van der Waals surface area contributed by atoms with Crippen LogP contribution in [0.1, 0.15) is 30.0 Å². The summed E-state index contributed by atoms with van der Waals surface area (Å²) in [4.78, 5) is 12.9. The molecule has 0 saturated carbocycles. The minimum atomic E-state index is -3.66. The number of ether oxygens (including phenoxy) is 2. The Kier molecular flexibility index (Phi) is 6.02. The van der Waals surface area contributed by atoms with Crippen molar-refractivity contribution >= 4 is 21.6 Å². The lowest BCUT2D eigenvalue weighted by Crippen LogP contribution is -2.49. The molecule has 8 heteroatoms. The molecule has 7 nitrogen and oxygen atoms in total. The van der Waals surface area contributed by atoms with Gasteiger partial charge in [0.15, 0.2) is 11.5 Å². The molecule has 3 rings (SSSR count). The zero-order valence-electron chi connectivity index (χ0n) is 17.1. The minimum Gasteiger partial charge on any atom is -0.454 e. The molecule has 0 aromatic heterocycles. The molecule has 0 radical (unpaired) electrons. The van der Waals surface area contributed by atoms with Crippen molar-refractivity contribution in [2.45, 2.75) is 39.8 Å². The Labute approximate surface area is 171 Å². The molecule has 29 heavy (non-hydrogen) atoms. The van der Waals surface area contributed by atoms with Crippen molar-refractivity contribution in [1.82, 2.24) is 5.32 Å². The lowest BCUT2D eigenvalue weighted by atomic mass is 10.1. The number of hydrogen-bond acceptors (Lipinski definition) is 5. The van der Waals surface area contributed by atoms with Gasteiger partial charge in [0, 0.05) is 6.54 Å². The number of anilines is 1. The van der Waals surface area contributed by atoms with Gasteiger partial charge in [0.25, 0.3) is 0 Å². The van der Waals surface area contributed by atoms with E-state index in [-0.39, 0.29) is 19.2 Å². The monoisotopic (exact) mass is 418 g/mol. The molecule has 156 valence electrons. The second-order valence-electron chi connectivity index (χ2n) is 7.23. The number of sulfonamides is 1. The summed E-state index contributed by atoms with van der Waals surface area (Å²) in [6, 6.07) is 10.1. The standard InChI is InChI=1S/C21H26N2O5S/c1-5-18(23(29(4,25)26)17-9-14(2)8-15(3)10-17)21(24)22-12-16-6-7-19-20(11-16)28-13-27-19/h6-11,18H,5,12-13H2,1-4H3,(H,22,24)/t18-/m1/s1. The molecular formula is C21H26N2O5S. The van der Waals surface area contributed by atoms with E-state index in [1.165, 1.54) is 4.31 Å². The van der Waals surface area contributed by atoms with Gasteiger partial charge in [0.05, 0.1) is 11.9 Å². The SMILES string of the molecule is CC[C@H](C(=O)NCc1ccc2c(c1)OCO2)N(c1cc(C)cc(C)c1)S(C)(=O)=O. The van der Waals surface area contributed by atoms with E-state index in [2.05, 4.69) is 5.32 Å². The van der Waals surface area contributed by atoms with E-state index in [9.17, 15) is 13.2 Å². The predicted molar refractivity (Wildman–Crippen MR) is 112 cm³/mol. The molecule has 0 unspecified atom stereocenters. The summed E-state index contributed by atoms with van der Waals surface area (Å²) in [5.41, 5.74) is 3.21. The number of carbonyl (C=O) groups excluding carboxylic acids is 1. The Morgan fingerprint density at radius 1 is 1.10 bits per heavy atom. The zero-order chi connectivity index (χ0) is 21.2. The lowest BCUT2D eigenvalue weighted by molar-refractivity contribution is -0.122. The summed E-state index contributed by atoms with van der Waals surface area (Å²) in [7, 11) is -3.66. The van der Waals surface area contributed by atoms with Crippen LogP contribution in [0.3, 0.4) is 0 Å². The van der Waals surface area contributed by atoms with Gasteiger partial charge in [-0.1, -0.05) is 19.1 Å². The van der Waals surface area contributed by atoms with Crippen LogP contribution in [0.5, 0.6) is 11.5 Å². The third-order valence-electron chi connectivity index (χ3n) is 4.69. The summed E-state index contributed by atoms with van der Waals surface area (Å²) in [5.74, 6) is 0.955. The Balaban J connectivity index is 1.81. The van der Waals surface area contributed by atoms with Crippen LogP contribution < -0.4 is 19.1 Å². The molecule has 1 N–H and O–H groups in total. The van der Waals surface area contributed by atoms with Crippen molar-refractivity contribution in [3.63, 3.8) is 0 Å². The number of nitrogens with one attached hydrogen (secondary N) is 1. The first kappa shape index (κ1) is 21.0. The van der Waals surface area contributed by atoms with Crippen LogP contribution in [-0.4, -0.2) is 33.4 Å². The lowest BCUT2D eigenvalue weighted by Gasteiger charge is -2.30. The van der Waals surface area contributed by atoms with E-state index in [0.717, 1.165) is 22.9 Å². The molecule has 1 amide bonds. The molecular weight excluding hydrogens is 392 g/mol. The molecule has 0 bridgehead atoms. The molecule has 0 aliphatic carbocycles. The van der Waals surface area contributed by atoms with Crippen molar-refractivity contribution in [2.24, 2.45) is 0 Å². The maximum Gasteiger partial charge on any atom is 0.244 e. The third kappa shape index (κ3) is 4.82. The first-order valence-electron chi connectivity index (χ1n) is 9.43. The zero-order valence-corrected chi connectivity index (χ0v) is 17.9. The highest BCUT2D eigenvalue weighted by Gasteiger charge is 2.31. The van der Waals surface area contributed by atoms with Crippen molar-refractivity contribution < 1.29 is 22.7 Å². The highest BCUT2D eigenvalue weighted by atomic mass is 32.2. The average Bonchev–Trinajstić information content (AvgIpc) is 3.09. The summed E-state index contributed by atoms with van der Waals surface area (Å²) >= 11 is 0. The summed E-state index contributed by atoms with van der Waals surface area (Å²) < 4.78 is 37.0. The smallest absolute Gasteiger partial charge is 0.244 e. The van der Waals surface area contributed by atoms with Crippen molar-refractivity contribution in [3.05, 3.63) is 53.1 Å². The largest absolute Gasteiger partial charge is 0.454 e. The van der Waals surface area contributed by atoms with Crippen molar-refractivity contribution in [2.75, 3.05) is 17.4 Å². The Hall–Kier alpha value is -2.74. The third-order valence-corrected chi connectivity index (χ3v) is 5.87. The first-order chi connectivity index (χ1) is 13.7. The molecule has 1 aliphatic rings. The van der Waals surface area contributed by atoms with Gasteiger partial charge >= 0.3 is 0 Å². The van der Waals surface area contributed by atoms with E-state index in [4.69, 9.17) is 9.47 Å². The van der Waals surface area contributed by atoms with Crippen LogP contribution in [0.15, 0.2) is 36.4 Å². The topological polar surface area (TPSA) is 84.9 Å². The molecule has 0 saturated heterocycles. The van der Waals surface area contributed by atoms with Gasteiger partial charge in [-0.25, -0.2) is 8.42 Å². The number of nitrogens with zero attached hydrogens (tertiary/aromatic N) is 1. The minimum absolute atomic E-state index is 0.183. The fraction of sp³-hybridized carbons (Fsp3) is 0.381. The van der Waals surface area contributed by atoms with Gasteiger partial charge in [-0.2, -0.15) is 0 Å². The normalized spacial score (nSPS) is 13.8. The quantitative estimate of drug-likeness (QED) is 0.747. The Bertz CT molecular complexity index is 999. The Morgan fingerprint density at radius 3 is 2.38 bits per heavy atom. The average molecular weight is 419 g/mol. The maximum atomic E-state index is 12.9. The molecule has 1 heterocycles. The summed E-state index contributed by atoms with van der Waals surface area (Å²) in [5, 5.41) is 2.85. The van der Waals surface area contributed by atoms with E-state index in [0.29, 0.717) is 23.6 Å². The van der Waals surface area contributed by atoms with E-state index >= 15 is 0 Å². The molecule has 2 aromatic carbocycles. The number of hydrogen-bond donors (Lipinski definition) is 1. The molecule has 0 fully saturated rings. The number of fused-ring (bicyclic) bond motifs is 1. The summed E-state index contributed by atoms with van der Waals surface area (Å²) in [6.45, 7) is 6.04. The van der Waals surface area contributed by atoms with Gasteiger partial charge in [0.2, 0.25) is 22.7 Å². The van der Waals surface area contributed by atoms with Crippen LogP contribution in [0.4, 0.5) is 5.69 Å². The fourth-order valence-electron chi connectivity index (χ4n) is 3.50. The van der Waals surface area contributed by atoms with Gasteiger partial charge in [-0.3, -0.25) is 9.10 Å². The highest BCUT2D eigenvalue weighted by Crippen LogP contribution is 2.32. The van der Waals surface area contributed by atoms with Crippen molar-refractivity contribution in [1.29, 1.82) is 0 Å². The van der Waals surface area contributed by atoms with Crippen LogP contribution in [0, 0.1) is 13.8 Å². The number of carbonyl (C=O) groups is 1. The number of rotatable bonds is 7. The van der Waals surface area contributed by atoms with Crippen LogP contribution in [0.2, 0.25) is 0 Å². The predicted octanol–water partition coefficient (Wildman–Crippen LogP) is 2.89. The number of benzene rings is 2. The number of amides is 1. The molecule has 2 aromatic rings. The van der Waals surface area contributed by atoms with E-state index in [1.807, 2.05) is 32.0 Å². The molecule has 1 atom stereocenters. The second-order valence-corrected chi connectivity index (χ2v) is 9.09. The molecule has 1 aliphatic heterocycles. The highest BCUT2D eigenvalue weighted by molar-refractivity contribution is 7.92. The van der Waals surface area contributed by atoms with Gasteiger partial charge in [-0.05, 0) is 61.2 Å². The second kappa shape index (κ2) is 8.32. The van der Waals surface area contributed by atoms with Crippen LogP contribution in [0.25, 0.3) is 0 Å². The first-order valence-corrected chi connectivity index (χ1v) is 11.3. The van der Waals surface area contributed by atoms with Gasteiger partial charge in [-0.15, -0.1) is 0 Å². The molecule has 0 spiro atoms. The summed E-state index contributed by atoms with van der Waals surface area (Å²) in [6.07, 6.45) is 1.46. The fourth-order valence-corrected chi connectivity index (χ4v) is 4.69. The van der Waals surface area contributed by atoms with Gasteiger partial charge in [0.1, 0.15) is 6.04 Å². The van der Waals surface area contributed by atoms with E-state index < -0.39 is 16.1 Å². The van der Waals surface area contributed by atoms with Crippen LogP contribution >= 0.6 is 0 Å².